The fourth-order valence-electron chi connectivity index (χ4n) is 5.40. The minimum absolute atomic E-state index is 0.0170. The van der Waals surface area contributed by atoms with Crippen molar-refractivity contribution in [3.05, 3.63) is 94.0 Å². The first kappa shape index (κ1) is 27.0. The summed E-state index contributed by atoms with van der Waals surface area (Å²) >= 11 is 6.01. The van der Waals surface area contributed by atoms with Gasteiger partial charge in [0, 0.05) is 23.6 Å². The minimum Gasteiger partial charge on any atom is -0.493 e. The molecule has 0 aromatic heterocycles. The second-order valence-electron chi connectivity index (χ2n) is 10.0. The smallest absolute Gasteiger partial charge is 0.326 e. The molecule has 3 aromatic carbocycles. The third kappa shape index (κ3) is 6.05. The number of ether oxygens (including phenoxy) is 3. The Morgan fingerprint density at radius 1 is 1.03 bits per heavy atom. The van der Waals surface area contributed by atoms with E-state index in [1.807, 2.05) is 48.5 Å². The highest BCUT2D eigenvalue weighted by Gasteiger charge is 2.41. The standard InChI is InChI=1S/C31H32ClNO6/c1-37-27-16-13-22-18-33(30(34)28(21-7-3-2-4-8-21)39-24-9-5-6-10-24)26(31(35)36)17-25(22)29(27)38-19-20-11-14-23(32)15-12-20/h2-4,7-8,11-16,24,26,28H,5-6,9-10,17-19H2,1H3,(H,35,36)/t26-,28+/m0/s1. The maximum atomic E-state index is 14.0. The average Bonchev–Trinajstić information content (AvgIpc) is 3.48. The van der Waals surface area contributed by atoms with Gasteiger partial charge in [0.05, 0.1) is 13.2 Å². The van der Waals surface area contributed by atoms with Crippen LogP contribution in [-0.2, 0) is 33.9 Å². The molecular formula is C31H32ClNO6. The molecule has 0 radical (unpaired) electrons. The predicted octanol–water partition coefficient (Wildman–Crippen LogP) is 5.97. The van der Waals surface area contributed by atoms with Crippen LogP contribution >= 0.6 is 11.6 Å². The van der Waals surface area contributed by atoms with Crippen LogP contribution in [0.3, 0.4) is 0 Å². The van der Waals surface area contributed by atoms with Crippen molar-refractivity contribution in [2.75, 3.05) is 7.11 Å². The van der Waals surface area contributed by atoms with Crippen molar-refractivity contribution in [2.45, 2.75) is 63.5 Å². The fraction of sp³-hybridized carbons (Fsp3) is 0.355. The summed E-state index contributed by atoms with van der Waals surface area (Å²) in [5.74, 6) is -0.415. The van der Waals surface area contributed by atoms with E-state index in [4.69, 9.17) is 25.8 Å². The highest BCUT2D eigenvalue weighted by Crippen LogP contribution is 2.40. The Balaban J connectivity index is 1.45. The Labute approximate surface area is 233 Å². The lowest BCUT2D eigenvalue weighted by molar-refractivity contribution is -0.160. The van der Waals surface area contributed by atoms with Crippen molar-refractivity contribution >= 4 is 23.5 Å². The molecule has 1 amide bonds. The molecule has 2 aliphatic rings. The Morgan fingerprint density at radius 2 is 1.74 bits per heavy atom. The van der Waals surface area contributed by atoms with Gasteiger partial charge in [0.25, 0.3) is 5.91 Å². The molecular weight excluding hydrogens is 518 g/mol. The van der Waals surface area contributed by atoms with Crippen molar-refractivity contribution in [2.24, 2.45) is 0 Å². The molecule has 1 fully saturated rings. The van der Waals surface area contributed by atoms with Crippen LogP contribution in [0.4, 0.5) is 0 Å². The van der Waals surface area contributed by atoms with Crippen molar-refractivity contribution in [1.29, 1.82) is 0 Å². The van der Waals surface area contributed by atoms with Crippen LogP contribution in [0.2, 0.25) is 5.02 Å². The Hall–Kier alpha value is -3.55. The van der Waals surface area contributed by atoms with Gasteiger partial charge in [-0.05, 0) is 47.7 Å². The van der Waals surface area contributed by atoms with E-state index in [1.54, 1.807) is 25.3 Å². The lowest BCUT2D eigenvalue weighted by Crippen LogP contribution is -2.50. The number of carbonyl (C=O) groups excluding carboxylic acids is 1. The number of aliphatic carboxylic acids is 1. The molecule has 1 aliphatic heterocycles. The Morgan fingerprint density at radius 3 is 2.41 bits per heavy atom. The highest BCUT2D eigenvalue weighted by atomic mass is 35.5. The molecule has 7 nitrogen and oxygen atoms in total. The fourth-order valence-corrected chi connectivity index (χ4v) is 5.52. The zero-order valence-corrected chi connectivity index (χ0v) is 22.6. The van der Waals surface area contributed by atoms with Gasteiger partial charge >= 0.3 is 5.97 Å². The molecule has 5 rings (SSSR count). The summed E-state index contributed by atoms with van der Waals surface area (Å²) in [6, 6.07) is 19.3. The third-order valence-corrected chi connectivity index (χ3v) is 7.73. The SMILES string of the molecule is COc1ccc2c(c1OCc1ccc(Cl)cc1)C[C@@H](C(=O)O)N(C(=O)[C@H](OC1CCCC1)c1ccccc1)C2. The van der Waals surface area contributed by atoms with Crippen LogP contribution in [-0.4, -0.2) is 41.1 Å². The molecule has 1 N–H and O–H groups in total. The molecule has 1 aliphatic carbocycles. The van der Waals surface area contributed by atoms with Crippen molar-refractivity contribution in [1.82, 2.24) is 4.90 Å². The first-order valence-corrected chi connectivity index (χ1v) is 13.6. The first-order valence-electron chi connectivity index (χ1n) is 13.2. The first-order chi connectivity index (χ1) is 18.9. The Kier molecular flexibility index (Phi) is 8.38. The number of rotatable bonds is 9. The van der Waals surface area contributed by atoms with Gasteiger partial charge in [-0.1, -0.05) is 73.0 Å². The summed E-state index contributed by atoms with van der Waals surface area (Å²) in [5, 5.41) is 10.9. The van der Waals surface area contributed by atoms with E-state index in [0.717, 1.165) is 47.9 Å². The topological polar surface area (TPSA) is 85.3 Å². The van der Waals surface area contributed by atoms with Gasteiger partial charge in [-0.3, -0.25) is 4.79 Å². The van der Waals surface area contributed by atoms with Gasteiger partial charge < -0.3 is 24.2 Å². The third-order valence-electron chi connectivity index (χ3n) is 7.48. The van der Waals surface area contributed by atoms with Crippen LogP contribution in [0.25, 0.3) is 0 Å². The van der Waals surface area contributed by atoms with Gasteiger partial charge in [0.1, 0.15) is 12.6 Å². The van der Waals surface area contributed by atoms with Crippen LogP contribution in [0, 0.1) is 0 Å². The van der Waals surface area contributed by atoms with E-state index in [2.05, 4.69) is 0 Å². The number of hydrogen-bond acceptors (Lipinski definition) is 5. The van der Waals surface area contributed by atoms with Gasteiger partial charge in [-0.2, -0.15) is 0 Å². The number of carbonyl (C=O) groups is 2. The maximum absolute atomic E-state index is 14.0. The zero-order valence-electron chi connectivity index (χ0n) is 21.8. The monoisotopic (exact) mass is 549 g/mol. The maximum Gasteiger partial charge on any atom is 0.326 e. The molecule has 0 unspecified atom stereocenters. The molecule has 0 bridgehead atoms. The van der Waals surface area contributed by atoms with Gasteiger partial charge in [-0.15, -0.1) is 0 Å². The summed E-state index contributed by atoms with van der Waals surface area (Å²) in [5.41, 5.74) is 3.19. The molecule has 204 valence electrons. The van der Waals surface area contributed by atoms with E-state index in [0.29, 0.717) is 16.5 Å². The highest BCUT2D eigenvalue weighted by molar-refractivity contribution is 6.30. The summed E-state index contributed by atoms with van der Waals surface area (Å²) in [4.78, 5) is 28.0. The predicted molar refractivity (Wildman–Crippen MR) is 147 cm³/mol. The summed E-state index contributed by atoms with van der Waals surface area (Å²) in [6.45, 7) is 0.388. The largest absolute Gasteiger partial charge is 0.493 e. The number of halogens is 1. The van der Waals surface area contributed by atoms with Crippen LogP contribution in [0.1, 0.15) is 54.0 Å². The minimum atomic E-state index is -1.08. The van der Waals surface area contributed by atoms with Gasteiger partial charge in [0.15, 0.2) is 17.6 Å². The van der Waals surface area contributed by atoms with Crippen molar-refractivity contribution in [3.8, 4) is 11.5 Å². The van der Waals surface area contributed by atoms with Gasteiger partial charge in [-0.25, -0.2) is 4.79 Å². The molecule has 1 saturated carbocycles. The van der Waals surface area contributed by atoms with Crippen LogP contribution in [0.15, 0.2) is 66.7 Å². The number of amides is 1. The van der Waals surface area contributed by atoms with Gasteiger partial charge in [0.2, 0.25) is 0 Å². The second kappa shape index (κ2) is 12.1. The molecule has 0 spiro atoms. The van der Waals surface area contributed by atoms with E-state index < -0.39 is 18.1 Å². The number of carboxylic acids is 1. The number of carboxylic acid groups (broad SMARTS) is 1. The van der Waals surface area contributed by atoms with Crippen molar-refractivity contribution in [3.63, 3.8) is 0 Å². The normalized spacial score (nSPS) is 17.9. The van der Waals surface area contributed by atoms with Crippen molar-refractivity contribution < 1.29 is 28.9 Å². The lowest BCUT2D eigenvalue weighted by atomic mass is 9.91. The number of benzene rings is 3. The van der Waals surface area contributed by atoms with E-state index in [9.17, 15) is 14.7 Å². The molecule has 2 atom stereocenters. The van der Waals surface area contributed by atoms with E-state index in [-0.39, 0.29) is 31.6 Å². The zero-order chi connectivity index (χ0) is 27.4. The lowest BCUT2D eigenvalue weighted by Gasteiger charge is -2.37. The summed E-state index contributed by atoms with van der Waals surface area (Å²) < 4.78 is 18.1. The van der Waals surface area contributed by atoms with E-state index in [1.165, 1.54) is 4.90 Å². The number of hydrogen-bond donors (Lipinski definition) is 1. The second-order valence-corrected chi connectivity index (χ2v) is 10.4. The molecule has 3 aromatic rings. The van der Waals surface area contributed by atoms with E-state index >= 15 is 0 Å². The van der Waals surface area contributed by atoms with Crippen LogP contribution < -0.4 is 9.47 Å². The number of nitrogens with zero attached hydrogens (tertiary/aromatic N) is 1. The van der Waals surface area contributed by atoms with Crippen LogP contribution in [0.5, 0.6) is 11.5 Å². The summed E-state index contributed by atoms with van der Waals surface area (Å²) in [7, 11) is 1.55. The molecule has 39 heavy (non-hydrogen) atoms. The Bertz CT molecular complexity index is 1310. The summed E-state index contributed by atoms with van der Waals surface area (Å²) in [6.07, 6.45) is 3.14. The molecule has 8 heteroatoms. The average molecular weight is 550 g/mol. The number of fused-ring (bicyclic) bond motifs is 1. The quantitative estimate of drug-likeness (QED) is 0.354. The molecule has 1 heterocycles. The number of methoxy groups -OCH3 is 1. The molecule has 0 saturated heterocycles.